The summed E-state index contributed by atoms with van der Waals surface area (Å²) in [6, 6.07) is 12.5. The van der Waals surface area contributed by atoms with Crippen molar-refractivity contribution < 1.29 is 27.5 Å². The second kappa shape index (κ2) is 11.2. The summed E-state index contributed by atoms with van der Waals surface area (Å²) in [7, 11) is -3.37. The van der Waals surface area contributed by atoms with Gasteiger partial charge in [0.2, 0.25) is 6.10 Å². The van der Waals surface area contributed by atoms with E-state index in [1.54, 1.807) is 43.3 Å². The van der Waals surface area contributed by atoms with Crippen LogP contribution in [0.25, 0.3) is 0 Å². The molecule has 0 saturated heterocycles. The van der Waals surface area contributed by atoms with Crippen molar-refractivity contribution in [2.45, 2.75) is 42.4 Å². The standard InChI is InChI=1S/C24H22Cl2N2O6S2/c1-2-33-20(29)13-19-22(26)35-24(27-19)28-23(30)21(34-16-7-5-15(25)6-8-16)14-3-9-17(10-4-14)36(31,32)18-11-12-18/h3-10,18,21H,2,11-13H2,1H3,(H,27,28,30). The number of thiazole rings is 1. The molecule has 190 valence electrons. The van der Waals surface area contributed by atoms with Crippen molar-refractivity contribution in [2.24, 2.45) is 0 Å². The van der Waals surface area contributed by atoms with Crippen molar-refractivity contribution in [3.05, 3.63) is 69.1 Å². The van der Waals surface area contributed by atoms with Gasteiger partial charge in [-0.1, -0.05) is 46.7 Å². The summed E-state index contributed by atoms with van der Waals surface area (Å²) in [5.74, 6) is -0.655. The Balaban J connectivity index is 1.57. The molecule has 8 nitrogen and oxygen atoms in total. The Hall–Kier alpha value is -2.66. The SMILES string of the molecule is CCOC(=O)Cc1nc(NC(=O)C(Oc2ccc(Cl)cc2)c2ccc(S(=O)(=O)C3CC3)cc2)sc1Cl. The molecule has 1 fully saturated rings. The number of carbonyl (C=O) groups is 2. The second-order valence-electron chi connectivity index (χ2n) is 7.98. The van der Waals surface area contributed by atoms with Crippen molar-refractivity contribution in [3.8, 4) is 5.75 Å². The largest absolute Gasteiger partial charge is 0.476 e. The molecule has 4 rings (SSSR count). The molecule has 1 amide bonds. The first kappa shape index (κ1) is 26.4. The number of nitrogens with zero attached hydrogens (tertiary/aromatic N) is 1. The minimum Gasteiger partial charge on any atom is -0.476 e. The van der Waals surface area contributed by atoms with Crippen LogP contribution in [0.15, 0.2) is 53.4 Å². The van der Waals surface area contributed by atoms with E-state index in [0.717, 1.165) is 11.3 Å². The molecule has 12 heteroatoms. The van der Waals surface area contributed by atoms with Crippen LogP contribution in [-0.4, -0.2) is 37.1 Å². The maximum absolute atomic E-state index is 13.3. The van der Waals surface area contributed by atoms with Crippen LogP contribution in [-0.2, 0) is 30.6 Å². The predicted molar refractivity (Wildman–Crippen MR) is 138 cm³/mol. The van der Waals surface area contributed by atoms with Crippen molar-refractivity contribution in [2.75, 3.05) is 11.9 Å². The quantitative estimate of drug-likeness (QED) is 0.332. The third kappa shape index (κ3) is 6.36. The van der Waals surface area contributed by atoms with Crippen molar-refractivity contribution in [3.63, 3.8) is 0 Å². The zero-order valence-corrected chi connectivity index (χ0v) is 22.2. The molecule has 0 bridgehead atoms. The average Bonchev–Trinajstić information content (AvgIpc) is 3.65. The Kier molecular flexibility index (Phi) is 8.19. The molecular formula is C24H22Cl2N2O6S2. The Morgan fingerprint density at radius 1 is 1.11 bits per heavy atom. The zero-order valence-electron chi connectivity index (χ0n) is 19.1. The van der Waals surface area contributed by atoms with E-state index in [-0.39, 0.29) is 32.6 Å². The number of sulfone groups is 1. The van der Waals surface area contributed by atoms with Crippen LogP contribution in [0.2, 0.25) is 9.36 Å². The van der Waals surface area contributed by atoms with Crippen molar-refractivity contribution >= 4 is 61.4 Å². The van der Waals surface area contributed by atoms with E-state index >= 15 is 0 Å². The van der Waals surface area contributed by atoms with Crippen LogP contribution in [0.3, 0.4) is 0 Å². The minimum atomic E-state index is -3.37. The number of anilines is 1. The Bertz CT molecular complexity index is 1350. The van der Waals surface area contributed by atoms with Crippen LogP contribution in [0, 0.1) is 0 Å². The van der Waals surface area contributed by atoms with Gasteiger partial charge in [-0.05, 0) is 56.2 Å². The normalized spacial score (nSPS) is 14.2. The number of hydrogen-bond acceptors (Lipinski definition) is 8. The topological polar surface area (TPSA) is 112 Å². The van der Waals surface area contributed by atoms with E-state index in [9.17, 15) is 18.0 Å². The van der Waals surface area contributed by atoms with Gasteiger partial charge in [-0.15, -0.1) is 0 Å². The van der Waals surface area contributed by atoms with Crippen LogP contribution >= 0.6 is 34.5 Å². The highest BCUT2D eigenvalue weighted by Crippen LogP contribution is 2.35. The number of aromatic nitrogens is 1. The minimum absolute atomic E-state index is 0.124. The average molecular weight is 569 g/mol. The molecule has 1 aliphatic rings. The maximum atomic E-state index is 13.3. The second-order valence-corrected chi connectivity index (χ2v) is 12.2. The smallest absolute Gasteiger partial charge is 0.311 e. The molecule has 2 aromatic carbocycles. The van der Waals surface area contributed by atoms with E-state index < -0.39 is 27.8 Å². The predicted octanol–water partition coefficient (Wildman–Crippen LogP) is 5.25. The Labute approximate surface area is 222 Å². The van der Waals surface area contributed by atoms with Gasteiger partial charge in [-0.3, -0.25) is 14.9 Å². The van der Waals surface area contributed by atoms with Gasteiger partial charge in [0.05, 0.1) is 28.9 Å². The highest BCUT2D eigenvalue weighted by atomic mass is 35.5. The van der Waals surface area contributed by atoms with Crippen LogP contribution in [0.1, 0.15) is 37.1 Å². The maximum Gasteiger partial charge on any atom is 0.311 e. The highest BCUT2D eigenvalue weighted by molar-refractivity contribution is 7.92. The first-order valence-corrected chi connectivity index (χ1v) is 14.2. The Morgan fingerprint density at radius 2 is 1.78 bits per heavy atom. The molecule has 1 atom stereocenters. The molecule has 36 heavy (non-hydrogen) atoms. The fourth-order valence-electron chi connectivity index (χ4n) is 3.34. The molecule has 0 radical (unpaired) electrons. The number of ether oxygens (including phenoxy) is 2. The molecule has 1 unspecified atom stereocenters. The molecule has 0 spiro atoms. The van der Waals surface area contributed by atoms with Gasteiger partial charge in [0.1, 0.15) is 10.1 Å². The number of carbonyl (C=O) groups excluding carboxylic acids is 2. The number of esters is 1. The lowest BCUT2D eigenvalue weighted by molar-refractivity contribution is -0.142. The van der Waals surface area contributed by atoms with Gasteiger partial charge in [0, 0.05) is 10.6 Å². The monoisotopic (exact) mass is 568 g/mol. The number of halogens is 2. The fourth-order valence-corrected chi connectivity index (χ4v) is 6.16. The molecule has 1 aliphatic carbocycles. The summed E-state index contributed by atoms with van der Waals surface area (Å²) in [5, 5.41) is 3.02. The van der Waals surface area contributed by atoms with Gasteiger partial charge < -0.3 is 9.47 Å². The Morgan fingerprint density at radius 3 is 2.39 bits per heavy atom. The summed E-state index contributed by atoms with van der Waals surface area (Å²) in [5.41, 5.74) is 0.729. The van der Waals surface area contributed by atoms with Gasteiger partial charge in [0.25, 0.3) is 5.91 Å². The molecular weight excluding hydrogens is 547 g/mol. The lowest BCUT2D eigenvalue weighted by atomic mass is 10.1. The number of rotatable bonds is 10. The summed E-state index contributed by atoms with van der Waals surface area (Å²) in [6.45, 7) is 1.93. The molecule has 1 aromatic heterocycles. The van der Waals surface area contributed by atoms with E-state index in [2.05, 4.69) is 10.3 Å². The van der Waals surface area contributed by atoms with Gasteiger partial charge >= 0.3 is 5.97 Å². The first-order valence-electron chi connectivity index (χ1n) is 11.0. The summed E-state index contributed by atoms with van der Waals surface area (Å²) >= 11 is 13.2. The van der Waals surface area contributed by atoms with Crippen LogP contribution < -0.4 is 10.1 Å². The van der Waals surface area contributed by atoms with Gasteiger partial charge in [0.15, 0.2) is 15.0 Å². The van der Waals surface area contributed by atoms with E-state index in [1.807, 2.05) is 0 Å². The lowest BCUT2D eigenvalue weighted by Crippen LogP contribution is -2.26. The number of amides is 1. The molecule has 1 saturated carbocycles. The first-order chi connectivity index (χ1) is 17.2. The molecule has 3 aromatic rings. The van der Waals surface area contributed by atoms with E-state index in [0.29, 0.717) is 34.9 Å². The van der Waals surface area contributed by atoms with E-state index in [4.69, 9.17) is 32.7 Å². The molecule has 1 heterocycles. The number of hydrogen-bond donors (Lipinski definition) is 1. The van der Waals surface area contributed by atoms with E-state index in [1.165, 1.54) is 12.1 Å². The highest BCUT2D eigenvalue weighted by Gasteiger charge is 2.37. The van der Waals surface area contributed by atoms with Gasteiger partial charge in [-0.2, -0.15) is 0 Å². The van der Waals surface area contributed by atoms with Crippen molar-refractivity contribution in [1.29, 1.82) is 0 Å². The fraction of sp³-hybridized carbons (Fsp3) is 0.292. The van der Waals surface area contributed by atoms with Crippen LogP contribution in [0.4, 0.5) is 5.13 Å². The van der Waals surface area contributed by atoms with Gasteiger partial charge in [-0.25, -0.2) is 13.4 Å². The zero-order chi connectivity index (χ0) is 25.9. The summed E-state index contributed by atoms with van der Waals surface area (Å²) < 4.78 is 36.2. The summed E-state index contributed by atoms with van der Waals surface area (Å²) in [6.07, 6.45) is 0.0490. The number of nitrogens with one attached hydrogen (secondary N) is 1. The van der Waals surface area contributed by atoms with Crippen molar-refractivity contribution in [1.82, 2.24) is 4.98 Å². The number of benzene rings is 2. The van der Waals surface area contributed by atoms with Crippen LogP contribution in [0.5, 0.6) is 5.75 Å². The molecule has 0 aliphatic heterocycles. The lowest BCUT2D eigenvalue weighted by Gasteiger charge is -2.19. The third-order valence-electron chi connectivity index (χ3n) is 5.28. The summed E-state index contributed by atoms with van der Waals surface area (Å²) in [4.78, 5) is 29.5. The molecule has 1 N–H and O–H groups in total. The third-order valence-corrected chi connectivity index (χ3v) is 9.06.